The summed E-state index contributed by atoms with van der Waals surface area (Å²) in [5.41, 5.74) is 9.66. The molecule has 4 nitrogen and oxygen atoms in total. The highest BCUT2D eigenvalue weighted by atomic mass is 79.9. The van der Waals surface area contributed by atoms with Crippen LogP contribution in [0.25, 0.3) is 22.5 Å². The van der Waals surface area contributed by atoms with E-state index in [1.165, 1.54) is 0 Å². The van der Waals surface area contributed by atoms with Crippen molar-refractivity contribution in [3.05, 3.63) is 52.8 Å². The molecule has 3 aromatic rings. The van der Waals surface area contributed by atoms with Gasteiger partial charge in [0.1, 0.15) is 0 Å². The summed E-state index contributed by atoms with van der Waals surface area (Å²) < 4.78 is 6.37. The van der Waals surface area contributed by atoms with Gasteiger partial charge in [0, 0.05) is 28.0 Å². The molecule has 0 radical (unpaired) electrons. The van der Waals surface area contributed by atoms with E-state index in [0.29, 0.717) is 11.6 Å². The molecule has 2 N–H and O–H groups in total. The Balaban J connectivity index is 2.24. The highest BCUT2D eigenvalue weighted by molar-refractivity contribution is 9.10. The number of anilines is 1. The first-order chi connectivity index (χ1) is 9.66. The van der Waals surface area contributed by atoms with Crippen LogP contribution in [0.2, 0.25) is 0 Å². The molecule has 0 atom stereocenters. The maximum Gasteiger partial charge on any atom is 0.178 e. The number of aryl methyl sites for hydroxylation is 1. The van der Waals surface area contributed by atoms with Crippen LogP contribution >= 0.6 is 15.9 Å². The number of nitrogen functional groups attached to an aromatic ring is 1. The average molecular weight is 330 g/mol. The van der Waals surface area contributed by atoms with E-state index in [1.54, 1.807) is 12.4 Å². The van der Waals surface area contributed by atoms with E-state index in [1.807, 2.05) is 37.3 Å². The summed E-state index contributed by atoms with van der Waals surface area (Å²) in [7, 11) is 0. The molecule has 0 aliphatic rings. The zero-order valence-corrected chi connectivity index (χ0v) is 12.4. The van der Waals surface area contributed by atoms with E-state index >= 15 is 0 Å². The molecule has 0 spiro atoms. The molecule has 3 rings (SSSR count). The molecule has 0 aliphatic carbocycles. The van der Waals surface area contributed by atoms with Gasteiger partial charge in [0.25, 0.3) is 0 Å². The maximum atomic E-state index is 5.95. The number of pyridine rings is 1. The number of hydrogen-bond donors (Lipinski definition) is 1. The van der Waals surface area contributed by atoms with Crippen LogP contribution in [0.4, 0.5) is 5.82 Å². The molecule has 0 aliphatic heterocycles. The van der Waals surface area contributed by atoms with E-state index in [2.05, 4.69) is 26.1 Å². The predicted octanol–water partition coefficient (Wildman–Crippen LogP) is 4.06. The summed E-state index contributed by atoms with van der Waals surface area (Å²) in [5.74, 6) is 1.01. The number of nitrogens with zero attached hydrogens (tertiary/aromatic N) is 2. The first-order valence-corrected chi connectivity index (χ1v) is 6.88. The van der Waals surface area contributed by atoms with Gasteiger partial charge in [-0.15, -0.1) is 0 Å². The van der Waals surface area contributed by atoms with E-state index in [4.69, 9.17) is 10.3 Å². The van der Waals surface area contributed by atoms with Gasteiger partial charge in [-0.05, 0) is 25.1 Å². The highest BCUT2D eigenvalue weighted by Crippen LogP contribution is 2.39. The standard InChI is InChI=1S/C15H12BrN3O/c1-9-4-5-12(16)11(7-9)14-13(15(17)19-20-14)10-3-2-6-18-8-10/h2-8H,1H3,(H2,17,19). The third-order valence-corrected chi connectivity index (χ3v) is 3.73. The lowest BCUT2D eigenvalue weighted by atomic mass is 10.0. The Hall–Kier alpha value is -2.14. The number of aromatic nitrogens is 2. The van der Waals surface area contributed by atoms with Crippen molar-refractivity contribution in [1.29, 1.82) is 0 Å². The second-order valence-corrected chi connectivity index (χ2v) is 5.35. The number of nitrogens with two attached hydrogens (primary N) is 1. The average Bonchev–Trinajstić information content (AvgIpc) is 2.84. The minimum absolute atomic E-state index is 0.362. The summed E-state index contributed by atoms with van der Waals surface area (Å²) in [6, 6.07) is 9.83. The van der Waals surface area contributed by atoms with Crippen molar-refractivity contribution in [2.75, 3.05) is 5.73 Å². The largest absolute Gasteiger partial charge is 0.380 e. The molecule has 0 saturated carbocycles. The lowest BCUT2D eigenvalue weighted by molar-refractivity contribution is 0.436. The Labute approximate surface area is 124 Å². The predicted molar refractivity (Wildman–Crippen MR) is 82.0 cm³/mol. The van der Waals surface area contributed by atoms with Crippen LogP contribution in [0, 0.1) is 6.92 Å². The van der Waals surface area contributed by atoms with Crippen LogP contribution in [0.3, 0.4) is 0 Å². The van der Waals surface area contributed by atoms with E-state index in [0.717, 1.165) is 26.7 Å². The molecule has 0 bridgehead atoms. The smallest absolute Gasteiger partial charge is 0.178 e. The molecular formula is C15H12BrN3O. The van der Waals surface area contributed by atoms with Crippen LogP contribution in [0.5, 0.6) is 0 Å². The minimum atomic E-state index is 0.362. The van der Waals surface area contributed by atoms with E-state index in [9.17, 15) is 0 Å². The highest BCUT2D eigenvalue weighted by Gasteiger charge is 2.19. The fourth-order valence-corrected chi connectivity index (χ4v) is 2.52. The lowest BCUT2D eigenvalue weighted by Gasteiger charge is -2.05. The Bertz CT molecular complexity index is 753. The normalized spacial score (nSPS) is 10.7. The monoisotopic (exact) mass is 329 g/mol. The van der Waals surface area contributed by atoms with Gasteiger partial charge in [0.15, 0.2) is 11.6 Å². The Kier molecular flexibility index (Phi) is 3.28. The maximum absolute atomic E-state index is 5.95. The summed E-state index contributed by atoms with van der Waals surface area (Å²) in [6.45, 7) is 2.03. The molecule has 20 heavy (non-hydrogen) atoms. The molecule has 1 aromatic carbocycles. The molecule has 100 valence electrons. The van der Waals surface area contributed by atoms with Crippen LogP contribution < -0.4 is 5.73 Å². The Morgan fingerprint density at radius 2 is 2.10 bits per heavy atom. The van der Waals surface area contributed by atoms with Crippen molar-refractivity contribution in [3.63, 3.8) is 0 Å². The van der Waals surface area contributed by atoms with Crippen molar-refractivity contribution in [3.8, 4) is 22.5 Å². The minimum Gasteiger partial charge on any atom is -0.380 e. The number of halogens is 1. The molecule has 0 saturated heterocycles. The fraction of sp³-hybridized carbons (Fsp3) is 0.0667. The van der Waals surface area contributed by atoms with Gasteiger partial charge in [0.2, 0.25) is 0 Å². The van der Waals surface area contributed by atoms with Crippen LogP contribution in [0.15, 0.2) is 51.7 Å². The topological polar surface area (TPSA) is 64.9 Å². The van der Waals surface area contributed by atoms with Crippen LogP contribution in [-0.4, -0.2) is 10.1 Å². The van der Waals surface area contributed by atoms with Crippen molar-refractivity contribution < 1.29 is 4.52 Å². The molecule has 5 heteroatoms. The second-order valence-electron chi connectivity index (χ2n) is 4.50. The molecule has 0 fully saturated rings. The lowest BCUT2D eigenvalue weighted by Crippen LogP contribution is -1.90. The first kappa shape index (κ1) is 12.9. The SMILES string of the molecule is Cc1ccc(Br)c(-c2onc(N)c2-c2cccnc2)c1. The van der Waals surface area contributed by atoms with Crippen molar-refractivity contribution >= 4 is 21.7 Å². The van der Waals surface area contributed by atoms with Crippen molar-refractivity contribution in [1.82, 2.24) is 10.1 Å². The summed E-state index contributed by atoms with van der Waals surface area (Å²) in [4.78, 5) is 4.12. The zero-order valence-electron chi connectivity index (χ0n) is 10.8. The summed E-state index contributed by atoms with van der Waals surface area (Å²) in [6.07, 6.45) is 3.46. The van der Waals surface area contributed by atoms with Crippen molar-refractivity contribution in [2.45, 2.75) is 6.92 Å². The molecular weight excluding hydrogens is 318 g/mol. The molecule has 2 aromatic heterocycles. The van der Waals surface area contributed by atoms with Gasteiger partial charge in [-0.2, -0.15) is 0 Å². The van der Waals surface area contributed by atoms with Gasteiger partial charge in [-0.25, -0.2) is 0 Å². The van der Waals surface area contributed by atoms with Crippen LogP contribution in [0.1, 0.15) is 5.56 Å². The third kappa shape index (κ3) is 2.20. The molecule has 2 heterocycles. The quantitative estimate of drug-likeness (QED) is 0.770. The van der Waals surface area contributed by atoms with Gasteiger partial charge in [0.05, 0.1) is 5.56 Å². The number of hydrogen-bond acceptors (Lipinski definition) is 4. The molecule has 0 unspecified atom stereocenters. The second kappa shape index (κ2) is 5.09. The van der Waals surface area contributed by atoms with E-state index < -0.39 is 0 Å². The van der Waals surface area contributed by atoms with Gasteiger partial charge >= 0.3 is 0 Å². The van der Waals surface area contributed by atoms with Crippen LogP contribution in [-0.2, 0) is 0 Å². The summed E-state index contributed by atoms with van der Waals surface area (Å²) in [5, 5.41) is 3.89. The summed E-state index contributed by atoms with van der Waals surface area (Å²) >= 11 is 3.54. The number of rotatable bonds is 2. The molecule has 0 amide bonds. The Morgan fingerprint density at radius 3 is 2.85 bits per heavy atom. The van der Waals surface area contributed by atoms with Gasteiger partial charge < -0.3 is 10.3 Å². The zero-order chi connectivity index (χ0) is 14.1. The van der Waals surface area contributed by atoms with Crippen molar-refractivity contribution in [2.24, 2.45) is 0 Å². The van der Waals surface area contributed by atoms with Gasteiger partial charge in [-0.1, -0.05) is 38.8 Å². The Morgan fingerprint density at radius 1 is 1.25 bits per heavy atom. The van der Waals surface area contributed by atoms with Gasteiger partial charge in [-0.3, -0.25) is 4.98 Å². The third-order valence-electron chi connectivity index (χ3n) is 3.04. The number of benzene rings is 1. The first-order valence-electron chi connectivity index (χ1n) is 6.09. The van der Waals surface area contributed by atoms with E-state index in [-0.39, 0.29) is 0 Å². The fourth-order valence-electron chi connectivity index (χ4n) is 2.09.